The second-order valence-corrected chi connectivity index (χ2v) is 5.92. The maximum absolute atomic E-state index is 5.84. The van der Waals surface area contributed by atoms with Gasteiger partial charge in [0.2, 0.25) is 0 Å². The molecule has 3 heterocycles. The summed E-state index contributed by atoms with van der Waals surface area (Å²) in [5, 5.41) is 3.24. The molecule has 5 heteroatoms. The van der Waals surface area contributed by atoms with Crippen LogP contribution in [0.1, 0.15) is 13.3 Å². The molecule has 2 aromatic heterocycles. The van der Waals surface area contributed by atoms with Gasteiger partial charge in [-0.3, -0.25) is 0 Å². The molecule has 1 aliphatic rings. The van der Waals surface area contributed by atoms with Gasteiger partial charge in [-0.05, 0) is 29.8 Å². The number of rotatable bonds is 2. The van der Waals surface area contributed by atoms with E-state index in [1.165, 1.54) is 5.39 Å². The normalized spacial score (nSPS) is 24.7. The van der Waals surface area contributed by atoms with Gasteiger partial charge in [0, 0.05) is 13.1 Å². The molecule has 1 unspecified atom stereocenters. The van der Waals surface area contributed by atoms with Gasteiger partial charge in [-0.15, -0.1) is 11.3 Å². The summed E-state index contributed by atoms with van der Waals surface area (Å²) in [4.78, 5) is 12.1. The highest BCUT2D eigenvalue weighted by Crippen LogP contribution is 2.34. The molecule has 0 spiro atoms. The quantitative estimate of drug-likeness (QED) is 0.881. The molecule has 2 aromatic rings. The molecule has 2 N–H and O–H groups in total. The van der Waals surface area contributed by atoms with Gasteiger partial charge in [-0.1, -0.05) is 6.92 Å². The first-order valence-corrected chi connectivity index (χ1v) is 6.73. The molecule has 0 saturated carbocycles. The van der Waals surface area contributed by atoms with E-state index < -0.39 is 0 Å². The van der Waals surface area contributed by atoms with Gasteiger partial charge in [-0.2, -0.15) is 0 Å². The Hall–Kier alpha value is -1.20. The van der Waals surface area contributed by atoms with Crippen molar-refractivity contribution in [1.82, 2.24) is 9.97 Å². The molecule has 90 valence electrons. The lowest BCUT2D eigenvalue weighted by Crippen LogP contribution is -2.31. The molecule has 1 saturated heterocycles. The van der Waals surface area contributed by atoms with E-state index in [4.69, 9.17) is 5.73 Å². The Kier molecular flexibility index (Phi) is 2.52. The summed E-state index contributed by atoms with van der Waals surface area (Å²) in [6.45, 7) is 5.02. The third-order valence-electron chi connectivity index (χ3n) is 3.59. The fraction of sp³-hybridized carbons (Fsp3) is 0.500. The molecular formula is C12H16N4S. The van der Waals surface area contributed by atoms with Crippen molar-refractivity contribution in [2.24, 2.45) is 11.1 Å². The molecule has 0 aliphatic carbocycles. The topological polar surface area (TPSA) is 55.0 Å². The van der Waals surface area contributed by atoms with Crippen molar-refractivity contribution in [3.05, 3.63) is 17.8 Å². The minimum atomic E-state index is 0.229. The van der Waals surface area contributed by atoms with E-state index >= 15 is 0 Å². The Bertz CT molecular complexity index is 538. The summed E-state index contributed by atoms with van der Waals surface area (Å²) in [7, 11) is 0. The Morgan fingerprint density at radius 2 is 2.41 bits per heavy atom. The van der Waals surface area contributed by atoms with Gasteiger partial charge in [0.25, 0.3) is 0 Å². The lowest BCUT2D eigenvalue weighted by atomic mass is 9.90. The minimum Gasteiger partial charge on any atom is -0.355 e. The third-order valence-corrected chi connectivity index (χ3v) is 4.41. The van der Waals surface area contributed by atoms with Crippen LogP contribution >= 0.6 is 11.3 Å². The number of aromatic nitrogens is 2. The largest absolute Gasteiger partial charge is 0.355 e. The van der Waals surface area contributed by atoms with E-state index in [-0.39, 0.29) is 5.41 Å². The van der Waals surface area contributed by atoms with Crippen molar-refractivity contribution in [3.8, 4) is 0 Å². The zero-order chi connectivity index (χ0) is 11.9. The highest BCUT2D eigenvalue weighted by Gasteiger charge is 2.33. The molecule has 0 amide bonds. The molecule has 4 nitrogen and oxygen atoms in total. The van der Waals surface area contributed by atoms with Gasteiger partial charge in [0.05, 0.1) is 5.39 Å². The molecule has 0 aromatic carbocycles. The van der Waals surface area contributed by atoms with E-state index in [1.54, 1.807) is 17.7 Å². The van der Waals surface area contributed by atoms with Crippen LogP contribution in [0, 0.1) is 5.41 Å². The maximum atomic E-state index is 5.84. The van der Waals surface area contributed by atoms with E-state index in [0.29, 0.717) is 0 Å². The highest BCUT2D eigenvalue weighted by atomic mass is 32.1. The highest BCUT2D eigenvalue weighted by molar-refractivity contribution is 7.16. The first kappa shape index (κ1) is 10.9. The van der Waals surface area contributed by atoms with Crippen molar-refractivity contribution in [2.75, 3.05) is 24.5 Å². The molecule has 17 heavy (non-hydrogen) atoms. The number of nitrogens with two attached hydrogens (primary N) is 1. The maximum Gasteiger partial charge on any atom is 0.140 e. The fourth-order valence-electron chi connectivity index (χ4n) is 2.40. The summed E-state index contributed by atoms with van der Waals surface area (Å²) in [5.74, 6) is 1.06. The molecule has 0 radical (unpaired) electrons. The summed E-state index contributed by atoms with van der Waals surface area (Å²) >= 11 is 1.66. The first-order chi connectivity index (χ1) is 8.22. The van der Waals surface area contributed by atoms with Crippen LogP contribution in [-0.4, -0.2) is 29.6 Å². The molecule has 1 aliphatic heterocycles. The summed E-state index contributed by atoms with van der Waals surface area (Å²) < 4.78 is 0. The van der Waals surface area contributed by atoms with Crippen molar-refractivity contribution in [3.63, 3.8) is 0 Å². The van der Waals surface area contributed by atoms with Crippen LogP contribution in [0.15, 0.2) is 17.8 Å². The lowest BCUT2D eigenvalue weighted by molar-refractivity contribution is 0.383. The zero-order valence-electron chi connectivity index (χ0n) is 9.89. The first-order valence-electron chi connectivity index (χ1n) is 5.85. The smallest absolute Gasteiger partial charge is 0.140 e. The van der Waals surface area contributed by atoms with Crippen LogP contribution in [0.25, 0.3) is 10.2 Å². The Morgan fingerprint density at radius 3 is 3.18 bits per heavy atom. The van der Waals surface area contributed by atoms with E-state index in [2.05, 4.69) is 33.2 Å². The van der Waals surface area contributed by atoms with Crippen molar-refractivity contribution >= 4 is 27.4 Å². The van der Waals surface area contributed by atoms with Gasteiger partial charge in [0.15, 0.2) is 0 Å². The Labute approximate surface area is 104 Å². The summed E-state index contributed by atoms with van der Waals surface area (Å²) in [6, 6.07) is 2.10. The molecule has 0 bridgehead atoms. The van der Waals surface area contributed by atoms with Crippen LogP contribution in [0.2, 0.25) is 0 Å². The van der Waals surface area contributed by atoms with E-state index in [0.717, 1.165) is 36.7 Å². The minimum absolute atomic E-state index is 0.229. The molecule has 1 atom stereocenters. The van der Waals surface area contributed by atoms with Crippen LogP contribution < -0.4 is 10.6 Å². The second-order valence-electron chi connectivity index (χ2n) is 5.02. The van der Waals surface area contributed by atoms with E-state index in [9.17, 15) is 0 Å². The third kappa shape index (κ3) is 1.79. The zero-order valence-corrected chi connectivity index (χ0v) is 10.7. The van der Waals surface area contributed by atoms with Crippen LogP contribution in [0.3, 0.4) is 0 Å². The van der Waals surface area contributed by atoms with Crippen molar-refractivity contribution < 1.29 is 0 Å². The van der Waals surface area contributed by atoms with Crippen molar-refractivity contribution in [2.45, 2.75) is 13.3 Å². The Morgan fingerprint density at radius 1 is 1.53 bits per heavy atom. The number of anilines is 1. The molecule has 1 fully saturated rings. The number of nitrogens with zero attached hydrogens (tertiary/aromatic N) is 3. The molecular weight excluding hydrogens is 232 g/mol. The van der Waals surface area contributed by atoms with Crippen LogP contribution in [0.4, 0.5) is 5.82 Å². The van der Waals surface area contributed by atoms with Gasteiger partial charge >= 0.3 is 0 Å². The monoisotopic (exact) mass is 248 g/mol. The summed E-state index contributed by atoms with van der Waals surface area (Å²) in [5.41, 5.74) is 6.07. The van der Waals surface area contributed by atoms with Gasteiger partial charge in [-0.25, -0.2) is 9.97 Å². The molecule has 3 rings (SSSR count). The summed E-state index contributed by atoms with van der Waals surface area (Å²) in [6.07, 6.45) is 2.80. The predicted molar refractivity (Wildman–Crippen MR) is 71.4 cm³/mol. The standard InChI is InChI=1S/C12H16N4S/c1-12(6-13)3-4-16(7-12)10-9-2-5-17-11(9)15-8-14-10/h2,5,8H,3-4,6-7,13H2,1H3. The van der Waals surface area contributed by atoms with E-state index in [1.807, 2.05) is 0 Å². The predicted octanol–water partition coefficient (Wildman–Crippen LogP) is 1.87. The number of hydrogen-bond acceptors (Lipinski definition) is 5. The Balaban J connectivity index is 1.98. The van der Waals surface area contributed by atoms with Crippen molar-refractivity contribution in [1.29, 1.82) is 0 Å². The number of hydrogen-bond donors (Lipinski definition) is 1. The number of fused-ring (bicyclic) bond motifs is 1. The SMILES string of the molecule is CC1(CN)CCN(c2ncnc3sccc23)C1. The van der Waals surface area contributed by atoms with Gasteiger partial charge in [0.1, 0.15) is 17.0 Å². The average Bonchev–Trinajstić information content (AvgIpc) is 2.95. The van der Waals surface area contributed by atoms with Crippen LogP contribution in [0.5, 0.6) is 0 Å². The van der Waals surface area contributed by atoms with Gasteiger partial charge < -0.3 is 10.6 Å². The van der Waals surface area contributed by atoms with Crippen LogP contribution in [-0.2, 0) is 0 Å². The fourth-order valence-corrected chi connectivity index (χ4v) is 3.13. The number of thiophene rings is 1. The average molecular weight is 248 g/mol. The second kappa shape index (κ2) is 3.92. The lowest BCUT2D eigenvalue weighted by Gasteiger charge is -2.23.